The van der Waals surface area contributed by atoms with Gasteiger partial charge in [0.15, 0.2) is 0 Å². The Morgan fingerprint density at radius 1 is 1.14 bits per heavy atom. The molecule has 0 amide bonds. The molecule has 0 heterocycles. The molecular formula is C13H7INNaO4S. The van der Waals surface area contributed by atoms with Crippen LogP contribution in [0.25, 0.3) is 0 Å². The molecule has 0 aliphatic heterocycles. The quantitative estimate of drug-likeness (QED) is 0.390. The minimum absolute atomic E-state index is 0. The molecule has 0 aliphatic rings. The van der Waals surface area contributed by atoms with Gasteiger partial charge >= 0.3 is 29.6 Å². The Morgan fingerprint density at radius 2 is 1.76 bits per heavy atom. The summed E-state index contributed by atoms with van der Waals surface area (Å²) in [6.45, 7) is 0. The van der Waals surface area contributed by atoms with Crippen LogP contribution in [-0.4, -0.2) is 13.0 Å². The van der Waals surface area contributed by atoms with Gasteiger partial charge in [0.05, 0.1) is 10.5 Å². The van der Waals surface area contributed by atoms with Gasteiger partial charge < -0.3 is 9.29 Å². The maximum Gasteiger partial charge on any atom is 1.00 e. The van der Waals surface area contributed by atoms with Crippen molar-refractivity contribution in [3.63, 3.8) is 0 Å². The third-order valence-corrected chi connectivity index (χ3v) is 3.92. The maximum absolute atomic E-state index is 10.8. The van der Waals surface area contributed by atoms with Crippen molar-refractivity contribution in [1.82, 2.24) is 0 Å². The largest absolute Gasteiger partial charge is 1.00 e. The molecule has 0 fully saturated rings. The predicted molar refractivity (Wildman–Crippen MR) is 78.4 cm³/mol. The molecule has 2 rings (SSSR count). The summed E-state index contributed by atoms with van der Waals surface area (Å²) in [5.41, 5.74) is 0.367. The van der Waals surface area contributed by atoms with Gasteiger partial charge in [-0.05, 0) is 65.1 Å². The molecule has 0 radical (unpaired) electrons. The first-order chi connectivity index (χ1) is 9.40. The van der Waals surface area contributed by atoms with E-state index in [-0.39, 0.29) is 34.5 Å². The summed E-state index contributed by atoms with van der Waals surface area (Å²) in [7, 11) is -4.47. The van der Waals surface area contributed by atoms with Crippen molar-refractivity contribution >= 4 is 32.7 Å². The van der Waals surface area contributed by atoms with Crippen LogP contribution in [0, 0.1) is 14.9 Å². The first-order valence-electron chi connectivity index (χ1n) is 5.33. The minimum Gasteiger partial charge on any atom is -0.744 e. The van der Waals surface area contributed by atoms with Crippen molar-refractivity contribution in [2.45, 2.75) is 4.90 Å². The fraction of sp³-hybridized carbons (Fsp3) is 0. The van der Waals surface area contributed by atoms with Crippen molar-refractivity contribution in [2.75, 3.05) is 0 Å². The molecular weight excluding hydrogens is 416 g/mol. The first-order valence-corrected chi connectivity index (χ1v) is 7.82. The Hall–Kier alpha value is -0.630. The van der Waals surface area contributed by atoms with Crippen LogP contribution in [0.1, 0.15) is 5.56 Å². The minimum atomic E-state index is -4.47. The Kier molecular flexibility index (Phi) is 6.65. The van der Waals surface area contributed by atoms with E-state index < -0.39 is 10.1 Å². The zero-order valence-corrected chi connectivity index (χ0v) is 15.9. The van der Waals surface area contributed by atoms with Gasteiger partial charge in [-0.15, -0.1) is 0 Å². The molecule has 0 bridgehead atoms. The van der Waals surface area contributed by atoms with Gasteiger partial charge in [0, 0.05) is 3.57 Å². The van der Waals surface area contributed by atoms with Gasteiger partial charge in [-0.3, -0.25) is 0 Å². The van der Waals surface area contributed by atoms with E-state index in [0.717, 1.165) is 15.7 Å². The normalized spacial score (nSPS) is 10.3. The topological polar surface area (TPSA) is 90.2 Å². The van der Waals surface area contributed by atoms with Crippen molar-refractivity contribution in [3.8, 4) is 17.6 Å². The second-order valence-corrected chi connectivity index (χ2v) is 6.41. The fourth-order valence-electron chi connectivity index (χ4n) is 1.47. The van der Waals surface area contributed by atoms with Gasteiger partial charge in [0.25, 0.3) is 0 Å². The average Bonchev–Trinajstić information content (AvgIpc) is 2.38. The number of halogens is 1. The fourth-order valence-corrected chi connectivity index (χ4v) is 2.41. The number of hydrogen-bond donors (Lipinski definition) is 0. The summed E-state index contributed by atoms with van der Waals surface area (Å²) in [5, 5.41) is 8.99. The summed E-state index contributed by atoms with van der Waals surface area (Å²) < 4.78 is 38.8. The molecule has 0 unspecified atom stereocenters. The number of nitriles is 1. The molecule has 0 aliphatic carbocycles. The van der Waals surface area contributed by atoms with E-state index in [1.165, 1.54) is 12.1 Å². The van der Waals surface area contributed by atoms with E-state index in [1.54, 1.807) is 18.2 Å². The van der Waals surface area contributed by atoms with E-state index in [2.05, 4.69) is 22.6 Å². The number of rotatable bonds is 3. The third-order valence-electron chi connectivity index (χ3n) is 2.40. The molecule has 21 heavy (non-hydrogen) atoms. The molecule has 102 valence electrons. The summed E-state index contributed by atoms with van der Waals surface area (Å²) in [6.07, 6.45) is 0. The van der Waals surface area contributed by atoms with Crippen LogP contribution in [0.4, 0.5) is 0 Å². The van der Waals surface area contributed by atoms with E-state index in [1.807, 2.05) is 6.07 Å². The SMILES string of the molecule is N#Cc1ccc(I)cc1Oc1ccc(S(=O)(=O)[O-])cc1.[Na+]. The third kappa shape index (κ3) is 4.95. The standard InChI is InChI=1S/C13H8INO4S.Na/c14-10-2-1-9(8-15)13(7-10)19-11-3-5-12(6-4-11)20(16,17)18;/h1-7H,(H,16,17,18);/q;+1/p-1. The Labute approximate surface area is 158 Å². The molecule has 0 aromatic heterocycles. The van der Waals surface area contributed by atoms with Gasteiger partial charge in [0.2, 0.25) is 0 Å². The second-order valence-electron chi connectivity index (χ2n) is 3.78. The number of ether oxygens (including phenoxy) is 1. The van der Waals surface area contributed by atoms with Crippen LogP contribution in [0.5, 0.6) is 11.5 Å². The van der Waals surface area contributed by atoms with Gasteiger partial charge in [-0.1, -0.05) is 0 Å². The van der Waals surface area contributed by atoms with Crippen LogP contribution in [0.3, 0.4) is 0 Å². The van der Waals surface area contributed by atoms with Crippen molar-refractivity contribution < 1.29 is 47.3 Å². The van der Waals surface area contributed by atoms with E-state index in [0.29, 0.717) is 17.1 Å². The molecule has 0 atom stereocenters. The second kappa shape index (κ2) is 7.58. The van der Waals surface area contributed by atoms with Crippen LogP contribution in [0.15, 0.2) is 47.4 Å². The molecule has 0 N–H and O–H groups in total. The number of hydrogen-bond acceptors (Lipinski definition) is 5. The smallest absolute Gasteiger partial charge is 0.744 e. The number of nitrogens with zero attached hydrogens (tertiary/aromatic N) is 1. The number of benzene rings is 2. The Morgan fingerprint density at radius 3 is 2.29 bits per heavy atom. The van der Waals surface area contributed by atoms with Crippen LogP contribution < -0.4 is 34.3 Å². The first kappa shape index (κ1) is 18.4. The maximum atomic E-state index is 10.8. The van der Waals surface area contributed by atoms with E-state index in [9.17, 15) is 13.0 Å². The Balaban J connectivity index is 0.00000220. The molecule has 2 aromatic carbocycles. The predicted octanol–water partition coefficient (Wildman–Crippen LogP) is -0.137. The Bertz CT molecular complexity index is 785. The van der Waals surface area contributed by atoms with Gasteiger partial charge in [-0.2, -0.15) is 5.26 Å². The van der Waals surface area contributed by atoms with Crippen LogP contribution in [-0.2, 0) is 10.1 Å². The molecule has 8 heteroatoms. The van der Waals surface area contributed by atoms with Gasteiger partial charge in [-0.25, -0.2) is 8.42 Å². The average molecular weight is 423 g/mol. The van der Waals surface area contributed by atoms with Crippen molar-refractivity contribution in [2.24, 2.45) is 0 Å². The summed E-state index contributed by atoms with van der Waals surface area (Å²) in [6, 6.07) is 12.2. The summed E-state index contributed by atoms with van der Waals surface area (Å²) in [4.78, 5) is -0.326. The molecule has 0 saturated heterocycles. The van der Waals surface area contributed by atoms with E-state index >= 15 is 0 Å². The zero-order chi connectivity index (χ0) is 14.8. The van der Waals surface area contributed by atoms with Crippen LogP contribution >= 0.6 is 22.6 Å². The molecule has 5 nitrogen and oxygen atoms in total. The van der Waals surface area contributed by atoms with Crippen molar-refractivity contribution in [1.29, 1.82) is 5.26 Å². The van der Waals surface area contributed by atoms with Crippen LogP contribution in [0.2, 0.25) is 0 Å². The van der Waals surface area contributed by atoms with Gasteiger partial charge in [0.1, 0.15) is 27.7 Å². The summed E-state index contributed by atoms with van der Waals surface area (Å²) >= 11 is 2.09. The molecule has 0 saturated carbocycles. The summed E-state index contributed by atoms with van der Waals surface area (Å²) in [5.74, 6) is 0.716. The monoisotopic (exact) mass is 423 g/mol. The zero-order valence-electron chi connectivity index (χ0n) is 10.9. The molecule has 2 aromatic rings. The molecule has 0 spiro atoms. The van der Waals surface area contributed by atoms with E-state index in [4.69, 9.17) is 10.00 Å². The van der Waals surface area contributed by atoms with Crippen molar-refractivity contribution in [3.05, 3.63) is 51.6 Å².